The summed E-state index contributed by atoms with van der Waals surface area (Å²) in [4.78, 5) is 21.5. The van der Waals surface area contributed by atoms with E-state index in [1.165, 1.54) is 6.33 Å². The number of nitrogens with zero attached hydrogens (tertiary/aromatic N) is 4. The smallest absolute Gasteiger partial charge is 0.351 e. The predicted molar refractivity (Wildman–Crippen MR) is 94.2 cm³/mol. The van der Waals surface area contributed by atoms with Crippen molar-refractivity contribution in [3.63, 3.8) is 0 Å². The van der Waals surface area contributed by atoms with E-state index in [-0.39, 0.29) is 11.5 Å². The minimum absolute atomic E-state index is 0.0984. The normalized spacial score (nSPS) is 14.5. The molecule has 3 rings (SSSR count). The maximum absolute atomic E-state index is 11.7. The molecule has 0 saturated carbocycles. The Kier molecular flexibility index (Phi) is 4.80. The molecule has 2 aromatic rings. The van der Waals surface area contributed by atoms with Gasteiger partial charge in [-0.3, -0.25) is 10.1 Å². The van der Waals surface area contributed by atoms with Gasteiger partial charge in [0.15, 0.2) is 0 Å². The maximum Gasteiger partial charge on any atom is 0.353 e. The van der Waals surface area contributed by atoms with Crippen LogP contribution in [0, 0.1) is 17.0 Å². The summed E-state index contributed by atoms with van der Waals surface area (Å²) >= 11 is 6.12. The molecule has 1 aromatic heterocycles. The summed E-state index contributed by atoms with van der Waals surface area (Å²) in [6.07, 6.45) is 4.52. The minimum Gasteiger partial charge on any atom is -0.351 e. The molecule has 126 valence electrons. The molecule has 0 spiro atoms. The highest BCUT2D eigenvalue weighted by atomic mass is 35.5. The van der Waals surface area contributed by atoms with E-state index in [0.717, 1.165) is 37.9 Å². The summed E-state index contributed by atoms with van der Waals surface area (Å²) in [6.45, 7) is 3.39. The first-order chi connectivity index (χ1) is 11.6. The van der Waals surface area contributed by atoms with Crippen molar-refractivity contribution < 1.29 is 4.92 Å². The molecule has 1 aliphatic rings. The molecule has 8 heteroatoms. The fourth-order valence-electron chi connectivity index (χ4n) is 2.84. The van der Waals surface area contributed by atoms with Crippen molar-refractivity contribution in [1.82, 2.24) is 9.97 Å². The summed E-state index contributed by atoms with van der Waals surface area (Å²) < 4.78 is 0. The number of halogens is 1. The number of hydrogen-bond acceptors (Lipinski definition) is 6. The van der Waals surface area contributed by atoms with Gasteiger partial charge in [-0.15, -0.1) is 0 Å². The number of benzene rings is 1. The number of aromatic nitrogens is 2. The van der Waals surface area contributed by atoms with Crippen molar-refractivity contribution >= 4 is 34.6 Å². The van der Waals surface area contributed by atoms with E-state index < -0.39 is 4.92 Å². The molecule has 1 N–H and O–H groups in total. The number of rotatable bonds is 4. The van der Waals surface area contributed by atoms with E-state index in [1.807, 2.05) is 17.9 Å². The van der Waals surface area contributed by atoms with Crippen LogP contribution in [0.4, 0.5) is 23.0 Å². The van der Waals surface area contributed by atoms with E-state index in [4.69, 9.17) is 11.6 Å². The maximum atomic E-state index is 11.7. The van der Waals surface area contributed by atoms with Crippen LogP contribution in [-0.2, 0) is 0 Å². The summed E-state index contributed by atoms with van der Waals surface area (Å²) in [5.41, 5.74) is 1.40. The quantitative estimate of drug-likeness (QED) is 0.662. The molecule has 2 heterocycles. The van der Waals surface area contributed by atoms with Crippen molar-refractivity contribution in [3.8, 4) is 0 Å². The largest absolute Gasteiger partial charge is 0.353 e. The highest BCUT2D eigenvalue weighted by molar-refractivity contribution is 6.31. The number of piperidine rings is 1. The van der Waals surface area contributed by atoms with Gasteiger partial charge < -0.3 is 10.2 Å². The second kappa shape index (κ2) is 7.00. The summed E-state index contributed by atoms with van der Waals surface area (Å²) in [5.74, 6) is 0.554. The summed E-state index contributed by atoms with van der Waals surface area (Å²) in [6, 6.07) is 5.37. The third kappa shape index (κ3) is 3.26. The van der Waals surface area contributed by atoms with Crippen LogP contribution < -0.4 is 10.2 Å². The highest BCUT2D eigenvalue weighted by Crippen LogP contribution is 2.36. The molecule has 7 nitrogen and oxygen atoms in total. The van der Waals surface area contributed by atoms with Gasteiger partial charge in [-0.2, -0.15) is 0 Å². The van der Waals surface area contributed by atoms with Gasteiger partial charge in [0.05, 0.1) is 4.92 Å². The van der Waals surface area contributed by atoms with Crippen molar-refractivity contribution in [3.05, 3.63) is 45.2 Å². The number of nitrogens with one attached hydrogen (secondary N) is 1. The molecule has 0 unspecified atom stereocenters. The van der Waals surface area contributed by atoms with Gasteiger partial charge in [-0.25, -0.2) is 9.97 Å². The Hall–Kier alpha value is -2.41. The third-order valence-corrected chi connectivity index (χ3v) is 4.57. The van der Waals surface area contributed by atoms with Gasteiger partial charge in [0.1, 0.15) is 6.33 Å². The molecular weight excluding hydrogens is 330 g/mol. The van der Waals surface area contributed by atoms with Crippen LogP contribution in [0.3, 0.4) is 0 Å². The van der Waals surface area contributed by atoms with Crippen LogP contribution in [0.5, 0.6) is 0 Å². The molecule has 1 aromatic carbocycles. The molecule has 1 fully saturated rings. The first-order valence-electron chi connectivity index (χ1n) is 7.84. The monoisotopic (exact) mass is 347 g/mol. The Morgan fingerprint density at radius 3 is 2.71 bits per heavy atom. The Morgan fingerprint density at radius 2 is 2.00 bits per heavy atom. The van der Waals surface area contributed by atoms with E-state index in [1.54, 1.807) is 12.1 Å². The van der Waals surface area contributed by atoms with Gasteiger partial charge in [-0.05, 0) is 43.9 Å². The van der Waals surface area contributed by atoms with Crippen LogP contribution in [0.1, 0.15) is 24.8 Å². The average Bonchev–Trinajstić information content (AvgIpc) is 2.59. The molecular formula is C16H18ClN5O2. The number of hydrogen-bond donors (Lipinski definition) is 1. The zero-order valence-electron chi connectivity index (χ0n) is 13.3. The lowest BCUT2D eigenvalue weighted by Crippen LogP contribution is -2.31. The second-order valence-electron chi connectivity index (χ2n) is 5.74. The van der Waals surface area contributed by atoms with Crippen LogP contribution in [-0.4, -0.2) is 28.0 Å². The molecule has 0 radical (unpaired) electrons. The first-order valence-corrected chi connectivity index (χ1v) is 8.22. The Labute approximate surface area is 144 Å². The van der Waals surface area contributed by atoms with E-state index in [2.05, 4.69) is 15.3 Å². The minimum atomic E-state index is -0.424. The lowest BCUT2D eigenvalue weighted by molar-refractivity contribution is -0.383. The van der Waals surface area contributed by atoms with Crippen LogP contribution in [0.2, 0.25) is 5.02 Å². The van der Waals surface area contributed by atoms with Gasteiger partial charge in [-0.1, -0.05) is 17.7 Å². The standard InChI is InChI=1S/C16H18ClN5O2/c1-11-12(17)6-5-7-13(11)20-15-14(22(23)24)16(19-10-18-15)21-8-3-2-4-9-21/h5-7,10H,2-4,8-9H2,1H3,(H,18,19,20). The van der Waals surface area contributed by atoms with Crippen molar-refractivity contribution in [2.75, 3.05) is 23.3 Å². The predicted octanol–water partition coefficient (Wildman–Crippen LogP) is 4.08. The van der Waals surface area contributed by atoms with E-state index in [9.17, 15) is 10.1 Å². The lowest BCUT2D eigenvalue weighted by atomic mass is 10.1. The topological polar surface area (TPSA) is 84.2 Å². The van der Waals surface area contributed by atoms with Gasteiger partial charge in [0.2, 0.25) is 11.6 Å². The highest BCUT2D eigenvalue weighted by Gasteiger charge is 2.28. The fraction of sp³-hybridized carbons (Fsp3) is 0.375. The van der Waals surface area contributed by atoms with Crippen molar-refractivity contribution in [1.29, 1.82) is 0 Å². The fourth-order valence-corrected chi connectivity index (χ4v) is 3.01. The Morgan fingerprint density at radius 1 is 1.25 bits per heavy atom. The van der Waals surface area contributed by atoms with Gasteiger partial charge in [0.25, 0.3) is 0 Å². The second-order valence-corrected chi connectivity index (χ2v) is 6.14. The molecule has 0 amide bonds. The molecule has 0 bridgehead atoms. The molecule has 1 aliphatic heterocycles. The van der Waals surface area contributed by atoms with Crippen LogP contribution >= 0.6 is 11.6 Å². The first kappa shape index (κ1) is 16.4. The van der Waals surface area contributed by atoms with Crippen LogP contribution in [0.15, 0.2) is 24.5 Å². The van der Waals surface area contributed by atoms with Gasteiger partial charge in [0, 0.05) is 23.8 Å². The SMILES string of the molecule is Cc1c(Cl)cccc1Nc1ncnc(N2CCCCC2)c1[N+](=O)[O-]. The van der Waals surface area contributed by atoms with Crippen molar-refractivity contribution in [2.24, 2.45) is 0 Å². The molecule has 0 aliphatic carbocycles. The summed E-state index contributed by atoms with van der Waals surface area (Å²) in [5, 5.41) is 15.3. The Balaban J connectivity index is 2.01. The molecule has 1 saturated heterocycles. The average molecular weight is 348 g/mol. The number of nitro groups is 1. The van der Waals surface area contributed by atoms with Crippen LogP contribution in [0.25, 0.3) is 0 Å². The lowest BCUT2D eigenvalue weighted by Gasteiger charge is -2.27. The number of anilines is 3. The summed E-state index contributed by atoms with van der Waals surface area (Å²) in [7, 11) is 0. The zero-order valence-corrected chi connectivity index (χ0v) is 14.1. The van der Waals surface area contributed by atoms with E-state index >= 15 is 0 Å². The third-order valence-electron chi connectivity index (χ3n) is 4.16. The molecule has 24 heavy (non-hydrogen) atoms. The van der Waals surface area contributed by atoms with E-state index in [0.29, 0.717) is 16.5 Å². The van der Waals surface area contributed by atoms with Gasteiger partial charge >= 0.3 is 5.69 Å². The Bertz CT molecular complexity index is 762. The zero-order chi connectivity index (χ0) is 17.1. The molecule has 0 atom stereocenters. The van der Waals surface area contributed by atoms with Crippen molar-refractivity contribution in [2.45, 2.75) is 26.2 Å².